The highest BCUT2D eigenvalue weighted by Gasteiger charge is 2.32. The van der Waals surface area contributed by atoms with Crippen molar-refractivity contribution in [2.24, 2.45) is 0 Å². The minimum atomic E-state index is -0.886. The third-order valence-corrected chi connectivity index (χ3v) is 2.69. The number of ether oxygens (including phenoxy) is 1. The summed E-state index contributed by atoms with van der Waals surface area (Å²) in [7, 11) is 0. The Morgan fingerprint density at radius 3 is 2.68 bits per heavy atom. The molecule has 0 aromatic heterocycles. The number of hydrogen-bond acceptors (Lipinski definition) is 3. The number of carboxylic acid groups (broad SMARTS) is 1. The number of rotatable bonds is 9. The maximum absolute atomic E-state index is 11.9. The standard InChI is InChI=1S/C13H22N2O4/c1-10(2)9-19-8-6-14-13(18)15(11-3-4-11)7-5-12(16)17/h11H,1,3-9H2,2H3,(H,14,18)(H,16,17). The number of carbonyl (C=O) groups is 2. The molecule has 1 saturated carbocycles. The van der Waals surface area contributed by atoms with Crippen LogP contribution in [0.4, 0.5) is 4.79 Å². The van der Waals surface area contributed by atoms with Crippen LogP contribution in [0.2, 0.25) is 0 Å². The molecule has 1 aliphatic rings. The number of aliphatic carboxylic acids is 1. The fourth-order valence-electron chi connectivity index (χ4n) is 1.63. The molecule has 1 rings (SSSR count). The molecule has 0 spiro atoms. The van der Waals surface area contributed by atoms with Gasteiger partial charge in [-0.15, -0.1) is 0 Å². The van der Waals surface area contributed by atoms with E-state index in [-0.39, 0.29) is 25.0 Å². The summed E-state index contributed by atoms with van der Waals surface area (Å²) in [6.45, 7) is 7.18. The van der Waals surface area contributed by atoms with E-state index in [9.17, 15) is 9.59 Å². The SMILES string of the molecule is C=C(C)COCCNC(=O)N(CCC(=O)O)C1CC1. The highest BCUT2D eigenvalue weighted by Crippen LogP contribution is 2.26. The Balaban J connectivity index is 2.20. The van der Waals surface area contributed by atoms with E-state index in [4.69, 9.17) is 9.84 Å². The first-order valence-corrected chi connectivity index (χ1v) is 6.49. The molecule has 0 saturated heterocycles. The number of urea groups is 1. The predicted octanol–water partition coefficient (Wildman–Crippen LogP) is 1.23. The maximum atomic E-state index is 11.9. The van der Waals surface area contributed by atoms with Crippen LogP contribution in [-0.2, 0) is 9.53 Å². The van der Waals surface area contributed by atoms with Crippen molar-refractivity contribution < 1.29 is 19.4 Å². The van der Waals surface area contributed by atoms with Crippen molar-refractivity contribution in [3.63, 3.8) is 0 Å². The number of carboxylic acids is 1. The van der Waals surface area contributed by atoms with Gasteiger partial charge in [-0.1, -0.05) is 12.2 Å². The topological polar surface area (TPSA) is 78.9 Å². The zero-order valence-corrected chi connectivity index (χ0v) is 11.4. The van der Waals surface area contributed by atoms with Gasteiger partial charge < -0.3 is 20.1 Å². The first-order valence-electron chi connectivity index (χ1n) is 6.49. The Kier molecular flexibility index (Phi) is 6.35. The van der Waals surface area contributed by atoms with Crippen LogP contribution >= 0.6 is 0 Å². The van der Waals surface area contributed by atoms with E-state index >= 15 is 0 Å². The molecule has 108 valence electrons. The highest BCUT2D eigenvalue weighted by atomic mass is 16.5. The first-order chi connectivity index (χ1) is 9.00. The van der Waals surface area contributed by atoms with Crippen LogP contribution in [0.3, 0.4) is 0 Å². The van der Waals surface area contributed by atoms with Gasteiger partial charge >= 0.3 is 12.0 Å². The fourth-order valence-corrected chi connectivity index (χ4v) is 1.63. The molecule has 6 nitrogen and oxygen atoms in total. The van der Waals surface area contributed by atoms with Gasteiger partial charge in [-0.2, -0.15) is 0 Å². The van der Waals surface area contributed by atoms with Gasteiger partial charge in [-0.3, -0.25) is 4.79 Å². The molecular formula is C13H22N2O4. The lowest BCUT2D eigenvalue weighted by Crippen LogP contribution is -2.43. The van der Waals surface area contributed by atoms with Crippen LogP contribution in [-0.4, -0.2) is 54.4 Å². The summed E-state index contributed by atoms with van der Waals surface area (Å²) in [6.07, 6.45) is 1.90. The molecule has 19 heavy (non-hydrogen) atoms. The zero-order chi connectivity index (χ0) is 14.3. The van der Waals surface area contributed by atoms with Gasteiger partial charge in [0.05, 0.1) is 19.6 Å². The molecule has 0 bridgehead atoms. The van der Waals surface area contributed by atoms with E-state index in [2.05, 4.69) is 11.9 Å². The summed E-state index contributed by atoms with van der Waals surface area (Å²) in [4.78, 5) is 24.0. The molecule has 0 unspecified atom stereocenters. The third kappa shape index (κ3) is 6.81. The molecule has 2 amide bonds. The van der Waals surface area contributed by atoms with E-state index in [1.54, 1.807) is 4.90 Å². The second-order valence-corrected chi connectivity index (χ2v) is 4.81. The number of nitrogens with zero attached hydrogens (tertiary/aromatic N) is 1. The Labute approximate surface area is 113 Å². The van der Waals surface area contributed by atoms with Crippen molar-refractivity contribution in [2.75, 3.05) is 26.3 Å². The van der Waals surface area contributed by atoms with E-state index in [0.717, 1.165) is 18.4 Å². The van der Waals surface area contributed by atoms with Gasteiger partial charge in [0.25, 0.3) is 0 Å². The van der Waals surface area contributed by atoms with Gasteiger partial charge in [0.1, 0.15) is 0 Å². The van der Waals surface area contributed by atoms with Crippen LogP contribution in [0.15, 0.2) is 12.2 Å². The zero-order valence-electron chi connectivity index (χ0n) is 11.4. The van der Waals surface area contributed by atoms with Crippen molar-refractivity contribution in [3.05, 3.63) is 12.2 Å². The van der Waals surface area contributed by atoms with Gasteiger partial charge in [-0.05, 0) is 19.8 Å². The summed E-state index contributed by atoms with van der Waals surface area (Å²) in [5, 5.41) is 11.4. The number of carbonyl (C=O) groups excluding carboxylic acids is 1. The molecule has 1 fully saturated rings. The molecular weight excluding hydrogens is 248 g/mol. The van der Waals surface area contributed by atoms with E-state index in [1.165, 1.54) is 0 Å². The first kappa shape index (κ1) is 15.5. The van der Waals surface area contributed by atoms with Gasteiger partial charge in [-0.25, -0.2) is 4.79 Å². The monoisotopic (exact) mass is 270 g/mol. The van der Waals surface area contributed by atoms with Crippen LogP contribution in [0.25, 0.3) is 0 Å². The average molecular weight is 270 g/mol. The van der Waals surface area contributed by atoms with Crippen LogP contribution in [0.1, 0.15) is 26.2 Å². The van der Waals surface area contributed by atoms with Gasteiger partial charge in [0.15, 0.2) is 0 Å². The molecule has 2 N–H and O–H groups in total. The van der Waals surface area contributed by atoms with Crippen molar-refractivity contribution in [3.8, 4) is 0 Å². The van der Waals surface area contributed by atoms with E-state index < -0.39 is 5.97 Å². The smallest absolute Gasteiger partial charge is 0.317 e. The molecule has 6 heteroatoms. The average Bonchev–Trinajstić information content (AvgIpc) is 3.12. The lowest BCUT2D eigenvalue weighted by molar-refractivity contribution is -0.137. The lowest BCUT2D eigenvalue weighted by Gasteiger charge is -2.22. The Morgan fingerprint density at radius 2 is 2.16 bits per heavy atom. The number of hydrogen-bond donors (Lipinski definition) is 2. The molecule has 1 aliphatic carbocycles. The fraction of sp³-hybridized carbons (Fsp3) is 0.692. The molecule has 0 atom stereocenters. The molecule has 0 radical (unpaired) electrons. The van der Waals surface area contributed by atoms with Crippen molar-refractivity contribution >= 4 is 12.0 Å². The summed E-state index contributed by atoms with van der Waals surface area (Å²) >= 11 is 0. The van der Waals surface area contributed by atoms with E-state index in [0.29, 0.717) is 19.8 Å². The molecule has 0 aromatic carbocycles. The Bertz CT molecular complexity index is 340. The van der Waals surface area contributed by atoms with Crippen molar-refractivity contribution in [1.29, 1.82) is 0 Å². The highest BCUT2D eigenvalue weighted by molar-refractivity contribution is 5.76. The maximum Gasteiger partial charge on any atom is 0.317 e. The van der Waals surface area contributed by atoms with Crippen LogP contribution in [0.5, 0.6) is 0 Å². The Hall–Kier alpha value is -1.56. The van der Waals surface area contributed by atoms with Gasteiger partial charge in [0.2, 0.25) is 0 Å². The number of nitrogens with one attached hydrogen (secondary N) is 1. The normalized spacial score (nSPS) is 13.9. The minimum Gasteiger partial charge on any atom is -0.481 e. The summed E-state index contributed by atoms with van der Waals surface area (Å²) in [5.74, 6) is -0.886. The summed E-state index contributed by atoms with van der Waals surface area (Å²) < 4.78 is 5.27. The quantitative estimate of drug-likeness (QED) is 0.488. The largest absolute Gasteiger partial charge is 0.481 e. The minimum absolute atomic E-state index is 0.0178. The van der Waals surface area contributed by atoms with Crippen molar-refractivity contribution in [2.45, 2.75) is 32.2 Å². The Morgan fingerprint density at radius 1 is 1.47 bits per heavy atom. The van der Waals surface area contributed by atoms with Crippen molar-refractivity contribution in [1.82, 2.24) is 10.2 Å². The molecule has 0 heterocycles. The molecule has 0 aromatic rings. The summed E-state index contributed by atoms with van der Waals surface area (Å²) in [5.41, 5.74) is 0.937. The van der Waals surface area contributed by atoms with Crippen LogP contribution < -0.4 is 5.32 Å². The molecule has 0 aliphatic heterocycles. The summed E-state index contributed by atoms with van der Waals surface area (Å²) in [6, 6.07) is -0.00152. The van der Waals surface area contributed by atoms with Gasteiger partial charge in [0, 0.05) is 19.1 Å². The predicted molar refractivity (Wildman–Crippen MR) is 71.0 cm³/mol. The third-order valence-electron chi connectivity index (χ3n) is 2.69. The lowest BCUT2D eigenvalue weighted by atomic mass is 10.4. The van der Waals surface area contributed by atoms with E-state index in [1.807, 2.05) is 6.92 Å². The number of amides is 2. The second kappa shape index (κ2) is 7.78. The van der Waals surface area contributed by atoms with Crippen LogP contribution in [0, 0.1) is 0 Å². The second-order valence-electron chi connectivity index (χ2n) is 4.81.